The van der Waals surface area contributed by atoms with Gasteiger partial charge in [0.15, 0.2) is 0 Å². The Balaban J connectivity index is 1.72. The van der Waals surface area contributed by atoms with Crippen molar-refractivity contribution in [3.05, 3.63) is 35.6 Å². The molecule has 1 aromatic carbocycles. The standard InChI is InChI=1S/C16H16FN3O4/c17-11-3-1-10(2-4-11)9-20-13(21)6-5-12(19-20)14(22)18-16(7-8-16)15(23)24/h1-4H,5-9H2,(H,18,22)(H,23,24). The monoisotopic (exact) mass is 333 g/mol. The van der Waals surface area contributed by atoms with Gasteiger partial charge in [-0.25, -0.2) is 14.2 Å². The quantitative estimate of drug-likeness (QED) is 0.841. The fourth-order valence-electron chi connectivity index (χ4n) is 2.46. The number of halogens is 1. The van der Waals surface area contributed by atoms with Crippen molar-refractivity contribution in [1.29, 1.82) is 0 Å². The molecule has 1 aliphatic heterocycles. The number of hydrazone groups is 1. The number of nitrogens with one attached hydrogen (secondary N) is 1. The minimum Gasteiger partial charge on any atom is -0.480 e. The average Bonchev–Trinajstić information content (AvgIpc) is 3.32. The van der Waals surface area contributed by atoms with Crippen molar-refractivity contribution in [2.75, 3.05) is 0 Å². The second-order valence-corrected chi connectivity index (χ2v) is 5.97. The molecule has 1 heterocycles. The first kappa shape index (κ1) is 16.1. The summed E-state index contributed by atoms with van der Waals surface area (Å²) in [7, 11) is 0. The lowest BCUT2D eigenvalue weighted by molar-refractivity contribution is -0.142. The summed E-state index contributed by atoms with van der Waals surface area (Å²) in [5.41, 5.74) is -0.383. The molecule has 2 N–H and O–H groups in total. The first-order chi connectivity index (χ1) is 11.4. The van der Waals surface area contributed by atoms with Crippen LogP contribution in [-0.4, -0.2) is 39.1 Å². The van der Waals surface area contributed by atoms with Gasteiger partial charge in [0, 0.05) is 12.8 Å². The lowest BCUT2D eigenvalue weighted by Gasteiger charge is -2.24. The first-order valence-electron chi connectivity index (χ1n) is 7.58. The van der Waals surface area contributed by atoms with Crippen molar-refractivity contribution in [2.45, 2.75) is 37.8 Å². The van der Waals surface area contributed by atoms with Crippen LogP contribution in [0.3, 0.4) is 0 Å². The molecule has 0 bridgehead atoms. The number of nitrogens with zero attached hydrogens (tertiary/aromatic N) is 2. The molecule has 0 radical (unpaired) electrons. The Morgan fingerprint density at radius 2 is 1.92 bits per heavy atom. The molecule has 3 rings (SSSR count). The van der Waals surface area contributed by atoms with E-state index >= 15 is 0 Å². The van der Waals surface area contributed by atoms with Crippen LogP contribution in [0.15, 0.2) is 29.4 Å². The van der Waals surface area contributed by atoms with Gasteiger partial charge in [-0.15, -0.1) is 0 Å². The van der Waals surface area contributed by atoms with E-state index in [-0.39, 0.29) is 36.8 Å². The van der Waals surface area contributed by atoms with Gasteiger partial charge in [0.25, 0.3) is 5.91 Å². The van der Waals surface area contributed by atoms with E-state index in [2.05, 4.69) is 10.4 Å². The second-order valence-electron chi connectivity index (χ2n) is 5.97. The number of hydrogen-bond donors (Lipinski definition) is 2. The molecule has 1 aliphatic carbocycles. The van der Waals surface area contributed by atoms with Gasteiger partial charge in [-0.05, 0) is 30.5 Å². The van der Waals surface area contributed by atoms with Gasteiger partial charge in [-0.2, -0.15) is 5.10 Å². The number of carboxylic acid groups (broad SMARTS) is 1. The van der Waals surface area contributed by atoms with Crippen molar-refractivity contribution in [3.8, 4) is 0 Å². The molecule has 8 heteroatoms. The Kier molecular flexibility index (Phi) is 4.04. The van der Waals surface area contributed by atoms with Crippen molar-refractivity contribution >= 4 is 23.5 Å². The third-order valence-electron chi connectivity index (χ3n) is 4.12. The lowest BCUT2D eigenvalue weighted by Crippen LogP contribution is -2.47. The molecular weight excluding hydrogens is 317 g/mol. The minimum absolute atomic E-state index is 0.119. The van der Waals surface area contributed by atoms with Crippen molar-refractivity contribution in [2.24, 2.45) is 5.10 Å². The third kappa shape index (κ3) is 3.27. The second kappa shape index (κ2) is 6.03. The molecule has 0 saturated heterocycles. The molecule has 1 aromatic rings. The van der Waals surface area contributed by atoms with Gasteiger partial charge >= 0.3 is 5.97 Å². The molecule has 2 aliphatic rings. The summed E-state index contributed by atoms with van der Waals surface area (Å²) in [4.78, 5) is 35.3. The molecule has 24 heavy (non-hydrogen) atoms. The predicted molar refractivity (Wildman–Crippen MR) is 81.4 cm³/mol. The first-order valence-corrected chi connectivity index (χ1v) is 7.58. The van der Waals surface area contributed by atoms with Crippen molar-refractivity contribution in [1.82, 2.24) is 10.3 Å². The smallest absolute Gasteiger partial charge is 0.329 e. The Bertz CT molecular complexity index is 725. The topological polar surface area (TPSA) is 99.1 Å². The number of carboxylic acids is 1. The fourth-order valence-corrected chi connectivity index (χ4v) is 2.46. The predicted octanol–water partition coefficient (Wildman–Crippen LogP) is 1.04. The van der Waals surface area contributed by atoms with Crippen molar-refractivity contribution < 1.29 is 23.9 Å². The van der Waals surface area contributed by atoms with Gasteiger partial charge in [0.2, 0.25) is 5.91 Å². The zero-order chi connectivity index (χ0) is 17.3. The number of benzene rings is 1. The largest absolute Gasteiger partial charge is 0.480 e. The summed E-state index contributed by atoms with van der Waals surface area (Å²) in [6, 6.07) is 5.64. The van der Waals surface area contributed by atoms with E-state index in [0.29, 0.717) is 18.4 Å². The van der Waals surface area contributed by atoms with Crippen LogP contribution in [0, 0.1) is 5.82 Å². The normalized spacial score (nSPS) is 18.8. The Morgan fingerprint density at radius 1 is 1.25 bits per heavy atom. The molecule has 0 aromatic heterocycles. The van der Waals surface area contributed by atoms with E-state index in [1.54, 1.807) is 0 Å². The van der Waals surface area contributed by atoms with E-state index in [0.717, 1.165) is 5.01 Å². The number of rotatable bonds is 5. The van der Waals surface area contributed by atoms with Crippen LogP contribution >= 0.6 is 0 Å². The van der Waals surface area contributed by atoms with Crippen LogP contribution < -0.4 is 5.32 Å². The molecule has 2 amide bonds. The summed E-state index contributed by atoms with van der Waals surface area (Å²) < 4.78 is 12.9. The maximum atomic E-state index is 12.9. The summed E-state index contributed by atoms with van der Waals surface area (Å²) in [6.45, 7) is 0.125. The van der Waals surface area contributed by atoms with Gasteiger partial charge in [0.1, 0.15) is 17.1 Å². The highest BCUT2D eigenvalue weighted by Crippen LogP contribution is 2.35. The third-order valence-corrected chi connectivity index (χ3v) is 4.12. The van der Waals surface area contributed by atoms with Crippen LogP contribution in [0.25, 0.3) is 0 Å². The molecular formula is C16H16FN3O4. The highest BCUT2D eigenvalue weighted by molar-refractivity contribution is 6.40. The molecule has 7 nitrogen and oxygen atoms in total. The Morgan fingerprint density at radius 3 is 2.50 bits per heavy atom. The molecule has 1 fully saturated rings. The fraction of sp³-hybridized carbons (Fsp3) is 0.375. The highest BCUT2D eigenvalue weighted by atomic mass is 19.1. The van der Waals surface area contributed by atoms with Crippen LogP contribution in [0.1, 0.15) is 31.2 Å². The lowest BCUT2D eigenvalue weighted by atomic mass is 10.1. The van der Waals surface area contributed by atoms with E-state index in [4.69, 9.17) is 5.11 Å². The van der Waals surface area contributed by atoms with E-state index < -0.39 is 17.4 Å². The van der Waals surface area contributed by atoms with E-state index in [9.17, 15) is 18.8 Å². The maximum absolute atomic E-state index is 12.9. The Labute approximate surface area is 137 Å². The summed E-state index contributed by atoms with van der Waals surface area (Å²) in [5, 5.41) is 16.8. The summed E-state index contributed by atoms with van der Waals surface area (Å²) in [6.07, 6.45) is 1.06. The van der Waals surface area contributed by atoms with Gasteiger partial charge in [-0.1, -0.05) is 12.1 Å². The van der Waals surface area contributed by atoms with Crippen LogP contribution in [0.2, 0.25) is 0 Å². The maximum Gasteiger partial charge on any atom is 0.329 e. The highest BCUT2D eigenvalue weighted by Gasteiger charge is 2.52. The number of carbonyl (C=O) groups excluding carboxylic acids is 2. The zero-order valence-electron chi connectivity index (χ0n) is 12.8. The number of hydrogen-bond acceptors (Lipinski definition) is 4. The molecule has 0 unspecified atom stereocenters. The average molecular weight is 333 g/mol. The van der Waals surface area contributed by atoms with Gasteiger partial charge in [-0.3, -0.25) is 9.59 Å². The summed E-state index contributed by atoms with van der Waals surface area (Å²) in [5.74, 6) is -2.25. The van der Waals surface area contributed by atoms with Crippen molar-refractivity contribution in [3.63, 3.8) is 0 Å². The number of aliphatic carboxylic acids is 1. The van der Waals surface area contributed by atoms with Gasteiger partial charge < -0.3 is 10.4 Å². The van der Waals surface area contributed by atoms with E-state index in [1.807, 2.05) is 0 Å². The zero-order valence-corrected chi connectivity index (χ0v) is 12.8. The van der Waals surface area contributed by atoms with Crippen LogP contribution in [-0.2, 0) is 20.9 Å². The molecule has 1 saturated carbocycles. The number of carbonyl (C=O) groups is 3. The van der Waals surface area contributed by atoms with E-state index in [1.165, 1.54) is 24.3 Å². The molecule has 126 valence electrons. The minimum atomic E-state index is -1.19. The molecule has 0 spiro atoms. The Hall–Kier alpha value is -2.77. The molecule has 0 atom stereocenters. The van der Waals surface area contributed by atoms with Gasteiger partial charge in [0.05, 0.1) is 6.54 Å². The van der Waals surface area contributed by atoms with Crippen LogP contribution in [0.5, 0.6) is 0 Å². The van der Waals surface area contributed by atoms with Crippen LogP contribution in [0.4, 0.5) is 4.39 Å². The SMILES string of the molecule is O=C(NC1(C(=O)O)CC1)C1=NN(Cc2ccc(F)cc2)C(=O)CC1. The number of amides is 2. The summed E-state index contributed by atoms with van der Waals surface area (Å²) >= 11 is 0.